The molecule has 104 valence electrons. The smallest absolute Gasteiger partial charge is 0.245 e. The number of nitrogens with one attached hydrogen (secondary N) is 1. The third kappa shape index (κ3) is 2.60. The Balaban J connectivity index is 1.89. The Kier molecular flexibility index (Phi) is 3.02. The van der Waals surface area contributed by atoms with Gasteiger partial charge in [-0.25, -0.2) is 17.5 Å². The van der Waals surface area contributed by atoms with E-state index in [1.165, 1.54) is 12.1 Å². The van der Waals surface area contributed by atoms with Crippen molar-refractivity contribution < 1.29 is 12.8 Å². The van der Waals surface area contributed by atoms with Crippen molar-refractivity contribution in [3.63, 3.8) is 0 Å². The SMILES string of the molecule is Nc1cccc(F)c1S(=O)(=O)NC(C1CC1)C1CC1. The number of rotatable bonds is 5. The lowest BCUT2D eigenvalue weighted by Gasteiger charge is -2.18. The van der Waals surface area contributed by atoms with Crippen molar-refractivity contribution in [1.82, 2.24) is 4.72 Å². The van der Waals surface area contributed by atoms with Crippen LogP contribution in [0.2, 0.25) is 0 Å². The first-order valence-corrected chi connectivity index (χ1v) is 8.03. The lowest BCUT2D eigenvalue weighted by Crippen LogP contribution is -2.38. The van der Waals surface area contributed by atoms with E-state index in [0.717, 1.165) is 31.7 Å². The summed E-state index contributed by atoms with van der Waals surface area (Å²) in [5.41, 5.74) is 5.56. The van der Waals surface area contributed by atoms with Crippen LogP contribution in [-0.4, -0.2) is 14.5 Å². The van der Waals surface area contributed by atoms with Gasteiger partial charge in [-0.05, 0) is 49.7 Å². The molecule has 0 unspecified atom stereocenters. The summed E-state index contributed by atoms with van der Waals surface area (Å²) in [7, 11) is -3.88. The van der Waals surface area contributed by atoms with E-state index in [4.69, 9.17) is 5.73 Å². The van der Waals surface area contributed by atoms with Crippen LogP contribution in [0.15, 0.2) is 23.1 Å². The van der Waals surface area contributed by atoms with Crippen LogP contribution in [0.3, 0.4) is 0 Å². The van der Waals surface area contributed by atoms with Crippen molar-refractivity contribution in [3.8, 4) is 0 Å². The van der Waals surface area contributed by atoms with Crippen LogP contribution in [-0.2, 0) is 10.0 Å². The van der Waals surface area contributed by atoms with E-state index < -0.39 is 20.7 Å². The van der Waals surface area contributed by atoms with Crippen molar-refractivity contribution >= 4 is 15.7 Å². The average Bonchev–Trinajstić information content (AvgIpc) is 3.18. The van der Waals surface area contributed by atoms with E-state index in [-0.39, 0.29) is 11.7 Å². The van der Waals surface area contributed by atoms with Crippen LogP contribution in [0.1, 0.15) is 25.7 Å². The predicted octanol–water partition coefficient (Wildman–Crippen LogP) is 1.87. The van der Waals surface area contributed by atoms with Crippen LogP contribution < -0.4 is 10.5 Å². The molecule has 4 nitrogen and oxygen atoms in total. The molecule has 19 heavy (non-hydrogen) atoms. The minimum atomic E-state index is -3.88. The topological polar surface area (TPSA) is 72.2 Å². The average molecular weight is 284 g/mol. The highest BCUT2D eigenvalue weighted by atomic mass is 32.2. The van der Waals surface area contributed by atoms with Gasteiger partial charge in [0.2, 0.25) is 10.0 Å². The number of nitrogen functional groups attached to an aromatic ring is 1. The van der Waals surface area contributed by atoms with E-state index in [1.807, 2.05) is 0 Å². The summed E-state index contributed by atoms with van der Waals surface area (Å²) in [5, 5.41) is 0. The van der Waals surface area contributed by atoms with Crippen molar-refractivity contribution in [1.29, 1.82) is 0 Å². The number of halogens is 1. The molecule has 0 heterocycles. The number of sulfonamides is 1. The van der Waals surface area contributed by atoms with Crippen LogP contribution in [0.4, 0.5) is 10.1 Å². The molecule has 2 saturated carbocycles. The lowest BCUT2D eigenvalue weighted by atomic mass is 10.1. The van der Waals surface area contributed by atoms with Gasteiger partial charge in [-0.3, -0.25) is 0 Å². The Hall–Kier alpha value is -1.14. The van der Waals surface area contributed by atoms with Crippen molar-refractivity contribution in [2.75, 3.05) is 5.73 Å². The van der Waals surface area contributed by atoms with Crippen LogP contribution >= 0.6 is 0 Å². The first-order valence-electron chi connectivity index (χ1n) is 6.55. The van der Waals surface area contributed by atoms with Gasteiger partial charge in [0.05, 0.1) is 5.69 Å². The second kappa shape index (κ2) is 4.45. The zero-order chi connectivity index (χ0) is 13.6. The molecule has 0 aliphatic heterocycles. The van der Waals surface area contributed by atoms with Gasteiger partial charge >= 0.3 is 0 Å². The zero-order valence-electron chi connectivity index (χ0n) is 10.5. The molecule has 2 fully saturated rings. The molecule has 0 atom stereocenters. The maximum atomic E-state index is 13.7. The molecule has 2 aliphatic rings. The summed E-state index contributed by atoms with van der Waals surface area (Å²) < 4.78 is 41.0. The van der Waals surface area contributed by atoms with Crippen LogP contribution in [0, 0.1) is 17.7 Å². The van der Waals surface area contributed by atoms with E-state index in [2.05, 4.69) is 4.72 Å². The second-order valence-corrected chi connectivity index (χ2v) is 7.13. The summed E-state index contributed by atoms with van der Waals surface area (Å²) in [6.07, 6.45) is 4.21. The molecule has 0 aromatic heterocycles. The van der Waals surface area contributed by atoms with Crippen molar-refractivity contribution in [3.05, 3.63) is 24.0 Å². The standard InChI is InChI=1S/C13H17FN2O2S/c14-10-2-1-3-11(15)13(10)19(17,18)16-12(8-4-5-8)9-6-7-9/h1-3,8-9,12,16H,4-7,15H2. The minimum absolute atomic E-state index is 0.0437. The normalized spacial score (nSPS) is 19.9. The molecular weight excluding hydrogens is 267 g/mol. The summed E-state index contributed by atoms with van der Waals surface area (Å²) in [5.74, 6) is 0.0309. The molecule has 0 spiro atoms. The van der Waals surface area contributed by atoms with Gasteiger partial charge in [0.15, 0.2) is 0 Å². The Labute approximate surface area is 112 Å². The summed E-state index contributed by atoms with van der Waals surface area (Å²) in [4.78, 5) is -0.415. The molecule has 3 rings (SSSR count). The number of hydrogen-bond acceptors (Lipinski definition) is 3. The molecular formula is C13H17FN2O2S. The Morgan fingerprint density at radius 3 is 2.26 bits per heavy atom. The summed E-state index contributed by atoms with van der Waals surface area (Å²) >= 11 is 0. The summed E-state index contributed by atoms with van der Waals surface area (Å²) in [6.45, 7) is 0. The lowest BCUT2D eigenvalue weighted by molar-refractivity contribution is 0.468. The molecule has 2 aliphatic carbocycles. The van der Waals surface area contributed by atoms with Gasteiger partial charge in [0.1, 0.15) is 10.7 Å². The maximum Gasteiger partial charge on any atom is 0.245 e. The van der Waals surface area contributed by atoms with E-state index >= 15 is 0 Å². The second-order valence-electron chi connectivity index (χ2n) is 5.48. The predicted molar refractivity (Wildman–Crippen MR) is 70.4 cm³/mol. The monoisotopic (exact) mass is 284 g/mol. The van der Waals surface area contributed by atoms with Gasteiger partial charge in [0, 0.05) is 6.04 Å². The quantitative estimate of drug-likeness (QED) is 0.811. The molecule has 3 N–H and O–H groups in total. The molecule has 0 radical (unpaired) electrons. The number of nitrogens with two attached hydrogens (primary N) is 1. The Morgan fingerprint density at radius 1 is 1.21 bits per heavy atom. The van der Waals surface area contributed by atoms with E-state index in [0.29, 0.717) is 11.8 Å². The molecule has 0 bridgehead atoms. The Morgan fingerprint density at radius 2 is 1.79 bits per heavy atom. The Bertz CT molecular complexity index is 562. The highest BCUT2D eigenvalue weighted by Gasteiger charge is 2.44. The molecule has 6 heteroatoms. The largest absolute Gasteiger partial charge is 0.398 e. The van der Waals surface area contributed by atoms with Crippen molar-refractivity contribution in [2.45, 2.75) is 36.6 Å². The van der Waals surface area contributed by atoms with Gasteiger partial charge in [-0.1, -0.05) is 6.07 Å². The first kappa shape index (κ1) is 12.9. The molecule has 1 aromatic carbocycles. The third-order valence-electron chi connectivity index (χ3n) is 3.82. The highest BCUT2D eigenvalue weighted by Crippen LogP contribution is 2.45. The summed E-state index contributed by atoms with van der Waals surface area (Å²) in [6, 6.07) is 3.88. The maximum absolute atomic E-state index is 13.7. The van der Waals surface area contributed by atoms with Crippen LogP contribution in [0.5, 0.6) is 0 Å². The minimum Gasteiger partial charge on any atom is -0.398 e. The third-order valence-corrected chi connectivity index (χ3v) is 5.37. The molecule has 0 amide bonds. The van der Waals surface area contributed by atoms with Gasteiger partial charge in [-0.15, -0.1) is 0 Å². The van der Waals surface area contributed by atoms with Gasteiger partial charge < -0.3 is 5.73 Å². The van der Waals surface area contributed by atoms with Crippen molar-refractivity contribution in [2.24, 2.45) is 11.8 Å². The van der Waals surface area contributed by atoms with Crippen LogP contribution in [0.25, 0.3) is 0 Å². The zero-order valence-corrected chi connectivity index (χ0v) is 11.3. The number of anilines is 1. The number of benzene rings is 1. The fraction of sp³-hybridized carbons (Fsp3) is 0.538. The highest BCUT2D eigenvalue weighted by molar-refractivity contribution is 7.89. The fourth-order valence-electron chi connectivity index (χ4n) is 2.54. The van der Waals surface area contributed by atoms with Gasteiger partial charge in [0.25, 0.3) is 0 Å². The van der Waals surface area contributed by atoms with E-state index in [1.54, 1.807) is 0 Å². The molecule has 1 aromatic rings. The number of hydrogen-bond donors (Lipinski definition) is 2. The molecule has 0 saturated heterocycles. The fourth-order valence-corrected chi connectivity index (χ4v) is 4.10. The van der Waals surface area contributed by atoms with E-state index in [9.17, 15) is 12.8 Å². The van der Waals surface area contributed by atoms with Gasteiger partial charge in [-0.2, -0.15) is 0 Å². The first-order chi connectivity index (χ1) is 8.99.